The summed E-state index contributed by atoms with van der Waals surface area (Å²) in [5.41, 5.74) is 1.03. The second-order valence-electron chi connectivity index (χ2n) is 3.27. The van der Waals surface area contributed by atoms with Gasteiger partial charge in [0.05, 0.1) is 5.69 Å². The zero-order valence-corrected chi connectivity index (χ0v) is 8.27. The minimum Gasteiger partial charge on any atom is -0.449 e. The molecule has 0 aromatic carbocycles. The topological polar surface area (TPSA) is 26.0 Å². The summed E-state index contributed by atoms with van der Waals surface area (Å²) in [6, 6.07) is 0. The summed E-state index contributed by atoms with van der Waals surface area (Å²) in [4.78, 5) is 4.29. The summed E-state index contributed by atoms with van der Waals surface area (Å²) in [5, 5.41) is 0. The summed E-state index contributed by atoms with van der Waals surface area (Å²) in [7, 11) is 0. The predicted molar refractivity (Wildman–Crippen MR) is 49.5 cm³/mol. The van der Waals surface area contributed by atoms with Gasteiger partial charge in [0.1, 0.15) is 6.26 Å². The van der Waals surface area contributed by atoms with Crippen molar-refractivity contribution in [2.75, 3.05) is 5.88 Å². The third-order valence-electron chi connectivity index (χ3n) is 1.53. The van der Waals surface area contributed by atoms with Crippen LogP contribution in [0, 0.1) is 5.92 Å². The number of aryl methyl sites for hydroxylation is 1. The molecule has 0 atom stereocenters. The summed E-state index contributed by atoms with van der Waals surface area (Å²) in [6.07, 6.45) is 3.42. The molecule has 0 aliphatic rings. The van der Waals surface area contributed by atoms with E-state index in [2.05, 4.69) is 18.8 Å². The minimum atomic E-state index is 0.571. The Morgan fingerprint density at radius 3 is 2.92 bits per heavy atom. The van der Waals surface area contributed by atoms with E-state index in [0.29, 0.717) is 11.8 Å². The van der Waals surface area contributed by atoms with E-state index in [1.807, 2.05) is 0 Å². The molecule has 0 amide bonds. The summed E-state index contributed by atoms with van der Waals surface area (Å²) in [5.74, 6) is 1.95. The van der Waals surface area contributed by atoms with Gasteiger partial charge in [-0.3, -0.25) is 0 Å². The maximum atomic E-state index is 5.55. The smallest absolute Gasteiger partial charge is 0.195 e. The van der Waals surface area contributed by atoms with E-state index in [9.17, 15) is 0 Å². The Hall–Kier alpha value is -0.500. The highest BCUT2D eigenvalue weighted by Gasteiger charge is 2.04. The van der Waals surface area contributed by atoms with Crippen molar-refractivity contribution in [3.63, 3.8) is 0 Å². The average Bonchev–Trinajstić information content (AvgIpc) is 2.36. The Balaban J connectivity index is 2.52. The van der Waals surface area contributed by atoms with Crippen LogP contribution in [0.25, 0.3) is 0 Å². The third kappa shape index (κ3) is 2.86. The van der Waals surface area contributed by atoms with Gasteiger partial charge in [0.25, 0.3) is 0 Å². The molecule has 0 bridgehead atoms. The van der Waals surface area contributed by atoms with Crippen LogP contribution in [0.3, 0.4) is 0 Å². The van der Waals surface area contributed by atoms with Crippen molar-refractivity contribution >= 4 is 11.6 Å². The lowest BCUT2D eigenvalue weighted by molar-refractivity contribution is 0.501. The average molecular weight is 188 g/mol. The summed E-state index contributed by atoms with van der Waals surface area (Å²) >= 11 is 5.55. The fourth-order valence-corrected chi connectivity index (χ4v) is 1.22. The summed E-state index contributed by atoms with van der Waals surface area (Å²) < 4.78 is 5.21. The first kappa shape index (κ1) is 9.59. The monoisotopic (exact) mass is 187 g/mol. The third-order valence-corrected chi connectivity index (χ3v) is 1.71. The van der Waals surface area contributed by atoms with Gasteiger partial charge < -0.3 is 4.42 Å². The Labute approximate surface area is 77.9 Å². The molecule has 0 spiro atoms. The quantitative estimate of drug-likeness (QED) is 0.678. The second kappa shape index (κ2) is 4.51. The number of rotatable bonds is 4. The number of alkyl halides is 1. The lowest BCUT2D eigenvalue weighted by Gasteiger charge is -1.97. The van der Waals surface area contributed by atoms with Crippen LogP contribution in [0.15, 0.2) is 10.7 Å². The van der Waals surface area contributed by atoms with Crippen molar-refractivity contribution in [2.24, 2.45) is 5.92 Å². The molecule has 2 nitrogen and oxygen atoms in total. The maximum Gasteiger partial charge on any atom is 0.195 e. The number of nitrogens with zero attached hydrogens (tertiary/aromatic N) is 1. The highest BCUT2D eigenvalue weighted by atomic mass is 35.5. The molecular formula is C9H14ClNO. The molecule has 68 valence electrons. The highest BCUT2D eigenvalue weighted by molar-refractivity contribution is 6.17. The molecule has 0 N–H and O–H groups in total. The van der Waals surface area contributed by atoms with Gasteiger partial charge in [-0.25, -0.2) is 4.98 Å². The molecule has 0 unspecified atom stereocenters. The van der Waals surface area contributed by atoms with Crippen molar-refractivity contribution in [2.45, 2.75) is 26.7 Å². The fraction of sp³-hybridized carbons (Fsp3) is 0.667. The first-order chi connectivity index (χ1) is 5.72. The van der Waals surface area contributed by atoms with E-state index in [1.165, 1.54) is 0 Å². The van der Waals surface area contributed by atoms with Crippen molar-refractivity contribution in [1.82, 2.24) is 4.98 Å². The van der Waals surface area contributed by atoms with Gasteiger partial charge in [-0.1, -0.05) is 13.8 Å². The van der Waals surface area contributed by atoms with Crippen molar-refractivity contribution in [3.05, 3.63) is 17.8 Å². The van der Waals surface area contributed by atoms with Crippen LogP contribution in [0.4, 0.5) is 0 Å². The van der Waals surface area contributed by atoms with E-state index in [4.69, 9.17) is 16.0 Å². The molecule has 1 aromatic rings. The first-order valence-corrected chi connectivity index (χ1v) is 4.75. The molecule has 0 saturated heterocycles. The molecule has 12 heavy (non-hydrogen) atoms. The highest BCUT2D eigenvalue weighted by Crippen LogP contribution is 2.08. The molecule has 1 rings (SSSR count). The number of hydrogen-bond donors (Lipinski definition) is 0. The van der Waals surface area contributed by atoms with E-state index >= 15 is 0 Å². The summed E-state index contributed by atoms with van der Waals surface area (Å²) in [6.45, 7) is 4.33. The van der Waals surface area contributed by atoms with E-state index in [-0.39, 0.29) is 0 Å². The van der Waals surface area contributed by atoms with Crippen molar-refractivity contribution < 1.29 is 4.42 Å². The second-order valence-corrected chi connectivity index (χ2v) is 3.65. The van der Waals surface area contributed by atoms with Gasteiger partial charge in [0, 0.05) is 12.3 Å². The van der Waals surface area contributed by atoms with Crippen LogP contribution in [0.1, 0.15) is 25.4 Å². The van der Waals surface area contributed by atoms with Gasteiger partial charge in [-0.2, -0.15) is 0 Å². The number of aromatic nitrogens is 1. The van der Waals surface area contributed by atoms with E-state index in [0.717, 1.165) is 24.4 Å². The molecule has 0 aliphatic heterocycles. The zero-order valence-electron chi connectivity index (χ0n) is 7.51. The standard InChI is InChI=1S/C9H14ClNO/c1-7(2)5-8-6-12-9(11-8)3-4-10/h6-7H,3-5H2,1-2H3. The van der Waals surface area contributed by atoms with Crippen LogP contribution >= 0.6 is 11.6 Å². The molecular weight excluding hydrogens is 174 g/mol. The molecule has 1 aromatic heterocycles. The molecule has 1 heterocycles. The largest absolute Gasteiger partial charge is 0.449 e. The van der Waals surface area contributed by atoms with Gasteiger partial charge in [-0.15, -0.1) is 11.6 Å². The Kier molecular flexibility index (Phi) is 3.60. The van der Waals surface area contributed by atoms with Gasteiger partial charge in [0.15, 0.2) is 5.89 Å². The van der Waals surface area contributed by atoms with E-state index in [1.54, 1.807) is 6.26 Å². The fourth-order valence-electron chi connectivity index (χ4n) is 1.06. The lowest BCUT2D eigenvalue weighted by atomic mass is 10.1. The molecule has 3 heteroatoms. The molecule has 0 radical (unpaired) electrons. The SMILES string of the molecule is CC(C)Cc1coc(CCCl)n1. The van der Waals surface area contributed by atoms with Crippen LogP contribution in [-0.4, -0.2) is 10.9 Å². The number of halogens is 1. The Bertz CT molecular complexity index is 232. The number of hydrogen-bond acceptors (Lipinski definition) is 2. The van der Waals surface area contributed by atoms with Crippen molar-refractivity contribution in [3.8, 4) is 0 Å². The van der Waals surface area contributed by atoms with Crippen LogP contribution in [0.2, 0.25) is 0 Å². The van der Waals surface area contributed by atoms with Crippen LogP contribution < -0.4 is 0 Å². The van der Waals surface area contributed by atoms with Gasteiger partial charge in [0.2, 0.25) is 0 Å². The van der Waals surface area contributed by atoms with Crippen LogP contribution in [0.5, 0.6) is 0 Å². The maximum absolute atomic E-state index is 5.55. The van der Waals surface area contributed by atoms with Gasteiger partial charge in [-0.05, 0) is 12.3 Å². The first-order valence-electron chi connectivity index (χ1n) is 4.21. The number of oxazole rings is 1. The lowest BCUT2D eigenvalue weighted by Crippen LogP contribution is -1.94. The van der Waals surface area contributed by atoms with Gasteiger partial charge >= 0.3 is 0 Å². The van der Waals surface area contributed by atoms with Crippen LogP contribution in [-0.2, 0) is 12.8 Å². The normalized spacial score (nSPS) is 11.0. The van der Waals surface area contributed by atoms with Crippen molar-refractivity contribution in [1.29, 1.82) is 0 Å². The minimum absolute atomic E-state index is 0.571. The van der Waals surface area contributed by atoms with E-state index < -0.39 is 0 Å². The molecule has 0 aliphatic carbocycles. The molecule has 0 saturated carbocycles. The Morgan fingerprint density at radius 2 is 2.33 bits per heavy atom. The molecule has 0 fully saturated rings. The Morgan fingerprint density at radius 1 is 1.58 bits per heavy atom. The zero-order chi connectivity index (χ0) is 8.97. The predicted octanol–water partition coefficient (Wildman–Crippen LogP) is 2.65.